The van der Waals surface area contributed by atoms with Crippen LogP contribution in [0.25, 0.3) is 22.3 Å². The number of aryl methyl sites for hydroxylation is 1. The molecular formula is C37H50N10O4. The van der Waals surface area contributed by atoms with Gasteiger partial charge in [-0.1, -0.05) is 6.07 Å². The Morgan fingerprint density at radius 1 is 1.02 bits per heavy atom. The molecule has 272 valence electrons. The first-order chi connectivity index (χ1) is 24.5. The van der Waals surface area contributed by atoms with Crippen LogP contribution < -0.4 is 20.0 Å². The Morgan fingerprint density at radius 2 is 1.84 bits per heavy atom. The number of alkyl carbamates (subject to hydrolysis) is 1. The van der Waals surface area contributed by atoms with Crippen LogP contribution in [0.2, 0.25) is 0 Å². The molecule has 0 bridgehead atoms. The summed E-state index contributed by atoms with van der Waals surface area (Å²) in [5.41, 5.74) is 5.21. The summed E-state index contributed by atoms with van der Waals surface area (Å²) in [6.07, 6.45) is 9.87. The number of fused-ring (bicyclic) bond motifs is 2. The summed E-state index contributed by atoms with van der Waals surface area (Å²) in [5, 5.41) is 12.8. The second-order valence-corrected chi connectivity index (χ2v) is 15.7. The molecule has 14 nitrogen and oxygen atoms in total. The molecule has 3 atom stereocenters. The monoisotopic (exact) mass is 698 g/mol. The van der Waals surface area contributed by atoms with Gasteiger partial charge in [0.2, 0.25) is 0 Å². The van der Waals surface area contributed by atoms with Gasteiger partial charge < -0.3 is 34.2 Å². The Labute approximate surface area is 299 Å². The number of piperidine rings is 1. The van der Waals surface area contributed by atoms with Crippen LogP contribution in [0, 0.1) is 5.41 Å². The number of anilines is 4. The number of nitrogens with zero attached hydrogens (tertiary/aromatic N) is 9. The molecule has 0 radical (unpaired) electrons. The van der Waals surface area contributed by atoms with Gasteiger partial charge in [-0.05, 0) is 77.5 Å². The van der Waals surface area contributed by atoms with Gasteiger partial charge in [0.05, 0.1) is 42.5 Å². The van der Waals surface area contributed by atoms with E-state index in [2.05, 4.69) is 50.4 Å². The van der Waals surface area contributed by atoms with E-state index in [-0.39, 0.29) is 23.8 Å². The van der Waals surface area contributed by atoms with Crippen LogP contribution in [0.4, 0.5) is 27.8 Å². The fourth-order valence-electron chi connectivity index (χ4n) is 8.18. The van der Waals surface area contributed by atoms with E-state index in [9.17, 15) is 4.79 Å². The normalized spacial score (nSPS) is 23.6. The highest BCUT2D eigenvalue weighted by atomic mass is 16.6. The summed E-state index contributed by atoms with van der Waals surface area (Å²) >= 11 is 0. The lowest BCUT2D eigenvalue weighted by molar-refractivity contribution is -0.0368. The third kappa shape index (κ3) is 6.37. The molecule has 1 spiro atoms. The molecule has 8 rings (SSSR count). The van der Waals surface area contributed by atoms with Crippen molar-refractivity contribution < 1.29 is 19.0 Å². The van der Waals surface area contributed by atoms with Crippen LogP contribution in [-0.4, -0.2) is 99.8 Å². The SMILES string of the molecule is C[C@@H]1OCC2(CCN(c3cnc4c(N5CCN(C)c6cc(-c7cnn(C)c7)ccc65)nn(C5CCCCO5)c4n3)CC2)[C@@H]1NC(=O)OC(C)(C)C. The van der Waals surface area contributed by atoms with E-state index in [4.69, 9.17) is 29.3 Å². The van der Waals surface area contributed by atoms with Gasteiger partial charge in [-0.2, -0.15) is 5.10 Å². The number of hydrogen-bond donors (Lipinski definition) is 1. The van der Waals surface area contributed by atoms with Crippen LogP contribution in [-0.2, 0) is 21.3 Å². The Kier molecular flexibility index (Phi) is 8.56. The number of carbonyl (C=O) groups is 1. The van der Waals surface area contributed by atoms with Gasteiger partial charge >= 0.3 is 6.09 Å². The number of hydrogen-bond acceptors (Lipinski definition) is 11. The minimum absolute atomic E-state index is 0.0925. The third-order valence-corrected chi connectivity index (χ3v) is 10.9. The van der Waals surface area contributed by atoms with Crippen molar-refractivity contribution in [1.29, 1.82) is 0 Å². The maximum atomic E-state index is 12.8. The minimum atomic E-state index is -0.562. The smallest absolute Gasteiger partial charge is 0.407 e. The van der Waals surface area contributed by atoms with Crippen molar-refractivity contribution in [1.82, 2.24) is 34.8 Å². The maximum absolute atomic E-state index is 12.8. The molecule has 1 unspecified atom stereocenters. The van der Waals surface area contributed by atoms with E-state index < -0.39 is 11.7 Å². The first-order valence-corrected chi connectivity index (χ1v) is 18.3. The number of likely N-dealkylation sites (N-methyl/N-ethyl adjacent to an activating group) is 1. The second kappa shape index (κ2) is 13.0. The van der Waals surface area contributed by atoms with Crippen LogP contribution in [0.3, 0.4) is 0 Å². The fourth-order valence-corrected chi connectivity index (χ4v) is 8.18. The van der Waals surface area contributed by atoms with Gasteiger partial charge in [0.25, 0.3) is 0 Å². The molecule has 1 amide bonds. The Balaban J connectivity index is 1.09. The summed E-state index contributed by atoms with van der Waals surface area (Å²) in [6, 6.07) is 6.45. The maximum Gasteiger partial charge on any atom is 0.407 e. The van der Waals surface area contributed by atoms with Crippen molar-refractivity contribution >= 4 is 40.3 Å². The zero-order chi connectivity index (χ0) is 35.5. The first kappa shape index (κ1) is 33.7. The predicted octanol–water partition coefficient (Wildman–Crippen LogP) is 5.41. The number of aromatic nitrogens is 6. The van der Waals surface area contributed by atoms with Gasteiger partial charge in [-0.3, -0.25) is 4.68 Å². The molecule has 7 heterocycles. The van der Waals surface area contributed by atoms with Gasteiger partial charge in [0.1, 0.15) is 11.4 Å². The quantitative estimate of drug-likeness (QED) is 0.287. The lowest BCUT2D eigenvalue weighted by atomic mass is 9.73. The number of carbonyl (C=O) groups excluding carboxylic acids is 1. The summed E-state index contributed by atoms with van der Waals surface area (Å²) in [6.45, 7) is 12.1. The molecule has 0 aliphatic carbocycles. The highest BCUT2D eigenvalue weighted by Gasteiger charge is 2.50. The first-order valence-electron chi connectivity index (χ1n) is 18.3. The molecule has 4 aromatic rings. The van der Waals surface area contributed by atoms with Gasteiger partial charge in [-0.15, -0.1) is 5.10 Å². The molecule has 51 heavy (non-hydrogen) atoms. The second-order valence-electron chi connectivity index (χ2n) is 15.7. The van der Waals surface area contributed by atoms with Gasteiger partial charge in [0, 0.05) is 64.1 Å². The van der Waals surface area contributed by atoms with Crippen molar-refractivity contribution in [3.8, 4) is 11.1 Å². The molecule has 4 aliphatic heterocycles. The largest absolute Gasteiger partial charge is 0.444 e. The zero-order valence-corrected chi connectivity index (χ0v) is 30.6. The summed E-state index contributed by atoms with van der Waals surface area (Å²) in [7, 11) is 4.08. The van der Waals surface area contributed by atoms with Crippen LogP contribution in [0.15, 0.2) is 36.8 Å². The number of nitrogens with one attached hydrogen (secondary N) is 1. The molecule has 1 N–H and O–H groups in total. The average Bonchev–Trinajstić information content (AvgIpc) is 3.80. The Morgan fingerprint density at radius 3 is 2.57 bits per heavy atom. The molecule has 1 aromatic carbocycles. The molecule has 14 heteroatoms. The predicted molar refractivity (Wildman–Crippen MR) is 196 cm³/mol. The van der Waals surface area contributed by atoms with E-state index in [0.29, 0.717) is 13.2 Å². The molecule has 3 fully saturated rings. The fraction of sp³-hybridized carbons (Fsp3) is 0.595. The van der Waals surface area contributed by atoms with Crippen molar-refractivity contribution in [2.75, 3.05) is 61.1 Å². The van der Waals surface area contributed by atoms with E-state index in [0.717, 1.165) is 104 Å². The lowest BCUT2D eigenvalue weighted by Crippen LogP contribution is -2.55. The number of rotatable bonds is 5. The van der Waals surface area contributed by atoms with Crippen molar-refractivity contribution in [2.45, 2.75) is 83.8 Å². The Bertz CT molecular complexity index is 1900. The molecule has 3 aromatic heterocycles. The zero-order valence-electron chi connectivity index (χ0n) is 30.6. The number of benzene rings is 1. The number of amides is 1. The molecular weight excluding hydrogens is 648 g/mol. The van der Waals surface area contributed by atoms with Crippen molar-refractivity contribution in [3.05, 3.63) is 36.8 Å². The standard InChI is InChI=1S/C37H50N10O4/c1-24-32(41-35(48)51-36(2,3)4)37(23-50-24)12-14-45(15-13-37)29-21-38-31-33(40-29)47(30-9-7-8-18-49-30)42-34(31)46-17-16-43(5)28-19-25(10-11-27(28)46)26-20-39-44(6)22-26/h10-11,19-22,24,30,32H,7-9,12-18,23H2,1-6H3,(H,41,48)/t24-,30?,32+/m0/s1. The van der Waals surface area contributed by atoms with E-state index >= 15 is 0 Å². The van der Waals surface area contributed by atoms with E-state index in [1.54, 1.807) is 0 Å². The van der Waals surface area contributed by atoms with Gasteiger partial charge in [0.15, 0.2) is 23.2 Å². The van der Waals surface area contributed by atoms with E-state index in [1.807, 2.05) is 62.7 Å². The van der Waals surface area contributed by atoms with E-state index in [1.165, 1.54) is 0 Å². The third-order valence-electron chi connectivity index (χ3n) is 10.9. The summed E-state index contributed by atoms with van der Waals surface area (Å²) in [4.78, 5) is 30.0. The highest BCUT2D eigenvalue weighted by molar-refractivity contribution is 5.92. The minimum Gasteiger partial charge on any atom is -0.444 e. The average molecular weight is 699 g/mol. The summed E-state index contributed by atoms with van der Waals surface area (Å²) < 4.78 is 21.8. The topological polar surface area (TPSA) is 128 Å². The van der Waals surface area contributed by atoms with Crippen molar-refractivity contribution in [2.24, 2.45) is 12.5 Å². The lowest BCUT2D eigenvalue weighted by Gasteiger charge is -2.42. The van der Waals surface area contributed by atoms with Crippen LogP contribution >= 0.6 is 0 Å². The molecule has 3 saturated heterocycles. The van der Waals surface area contributed by atoms with Crippen LogP contribution in [0.5, 0.6) is 0 Å². The summed E-state index contributed by atoms with van der Waals surface area (Å²) in [5.74, 6) is 1.62. The highest BCUT2D eigenvalue weighted by Crippen LogP contribution is 2.44. The molecule has 0 saturated carbocycles. The van der Waals surface area contributed by atoms with Gasteiger partial charge in [-0.25, -0.2) is 19.4 Å². The molecule has 4 aliphatic rings. The number of ether oxygens (including phenoxy) is 3. The Hall–Kier alpha value is -4.43. The van der Waals surface area contributed by atoms with Crippen molar-refractivity contribution in [3.63, 3.8) is 0 Å². The van der Waals surface area contributed by atoms with Crippen LogP contribution in [0.1, 0.15) is 66.0 Å².